The van der Waals surface area contributed by atoms with Crippen molar-refractivity contribution < 1.29 is 14.6 Å². The summed E-state index contributed by atoms with van der Waals surface area (Å²) >= 11 is 0. The lowest BCUT2D eigenvalue weighted by Gasteiger charge is -2.34. The summed E-state index contributed by atoms with van der Waals surface area (Å²) in [7, 11) is 0. The van der Waals surface area contributed by atoms with E-state index in [9.17, 15) is 9.90 Å². The smallest absolute Gasteiger partial charge is 0.267 e. The summed E-state index contributed by atoms with van der Waals surface area (Å²) in [4.78, 5) is 15.5. The molecule has 1 amide bonds. The Balaban J connectivity index is 2.19. The lowest BCUT2D eigenvalue weighted by molar-refractivity contribution is 0.0204. The zero-order valence-electron chi connectivity index (χ0n) is 26.7. The van der Waals surface area contributed by atoms with Gasteiger partial charge in [-0.1, -0.05) is 53.7 Å². The first-order valence-electron chi connectivity index (χ1n) is 15.9. The number of unbranched alkanes of at least 4 members (excludes halogenated alkanes) is 1. The predicted octanol–water partition coefficient (Wildman–Crippen LogP) is 7.09. The third-order valence-corrected chi connectivity index (χ3v) is 9.17. The number of benzene rings is 1. The Morgan fingerprint density at radius 3 is 2.17 bits per heavy atom. The average Bonchev–Trinajstić information content (AvgIpc) is 3.41. The van der Waals surface area contributed by atoms with Gasteiger partial charge in [-0.05, 0) is 101 Å². The van der Waals surface area contributed by atoms with Crippen LogP contribution in [-0.4, -0.2) is 58.9 Å². The third kappa shape index (κ3) is 8.13. The highest BCUT2D eigenvalue weighted by Gasteiger charge is 2.35. The van der Waals surface area contributed by atoms with E-state index in [0.29, 0.717) is 13.2 Å². The summed E-state index contributed by atoms with van der Waals surface area (Å²) in [5, 5.41) is 13.7. The Morgan fingerprint density at radius 2 is 1.62 bits per heavy atom. The van der Waals surface area contributed by atoms with Crippen LogP contribution in [0.4, 0.5) is 0 Å². The van der Waals surface area contributed by atoms with Crippen molar-refractivity contribution in [1.82, 2.24) is 14.8 Å². The summed E-state index contributed by atoms with van der Waals surface area (Å²) in [6, 6.07) is 10.7. The van der Waals surface area contributed by atoms with Gasteiger partial charge in [0.05, 0.1) is 12.2 Å². The van der Waals surface area contributed by atoms with Gasteiger partial charge >= 0.3 is 0 Å². The molecule has 40 heavy (non-hydrogen) atoms. The lowest BCUT2D eigenvalue weighted by Crippen LogP contribution is -2.36. The summed E-state index contributed by atoms with van der Waals surface area (Å²) < 4.78 is 8.37. The molecule has 1 aromatic heterocycles. The van der Waals surface area contributed by atoms with Crippen molar-refractivity contribution in [3.63, 3.8) is 0 Å². The fourth-order valence-electron chi connectivity index (χ4n) is 6.00. The second kappa shape index (κ2) is 16.2. The molecule has 0 saturated carbocycles. The molecule has 0 bridgehead atoms. The van der Waals surface area contributed by atoms with Gasteiger partial charge in [0.15, 0.2) is 0 Å². The van der Waals surface area contributed by atoms with Crippen LogP contribution in [0, 0.1) is 6.92 Å². The molecule has 0 radical (unpaired) electrons. The lowest BCUT2D eigenvalue weighted by atomic mass is 9.72. The Hall–Kier alpha value is -2.31. The van der Waals surface area contributed by atoms with Gasteiger partial charge in [0.1, 0.15) is 11.4 Å². The number of carbonyl (C=O) groups is 1. The molecule has 0 aliphatic heterocycles. The molecule has 6 nitrogen and oxygen atoms in total. The number of aromatic nitrogens is 1. The van der Waals surface area contributed by atoms with Crippen LogP contribution in [0.1, 0.15) is 121 Å². The largest absolute Gasteiger partial charge is 0.493 e. The number of nitrogens with zero attached hydrogens (tertiary/aromatic N) is 2. The molecule has 2 rings (SSSR count). The Labute approximate surface area is 244 Å². The van der Waals surface area contributed by atoms with Gasteiger partial charge < -0.3 is 24.6 Å². The second-order valence-corrected chi connectivity index (χ2v) is 11.1. The number of hydrogen-bond donors (Lipinski definition) is 2. The molecule has 0 aliphatic carbocycles. The van der Waals surface area contributed by atoms with Crippen molar-refractivity contribution in [2.75, 3.05) is 32.8 Å². The molecular weight excluding hydrogens is 498 g/mol. The number of hydrogen-bond acceptors (Lipinski definition) is 4. The van der Waals surface area contributed by atoms with Crippen LogP contribution in [0.5, 0.6) is 5.75 Å². The van der Waals surface area contributed by atoms with Gasteiger partial charge in [-0.15, -0.1) is 0 Å². The number of rotatable bonds is 19. The Kier molecular flexibility index (Phi) is 13.7. The van der Waals surface area contributed by atoms with Gasteiger partial charge in [0.2, 0.25) is 0 Å². The summed E-state index contributed by atoms with van der Waals surface area (Å²) in [6.45, 7) is 22.0. The molecule has 226 valence electrons. The van der Waals surface area contributed by atoms with Crippen molar-refractivity contribution >= 4 is 5.91 Å². The molecule has 0 aliphatic rings. The first kappa shape index (κ1) is 33.9. The van der Waals surface area contributed by atoms with Gasteiger partial charge in [0, 0.05) is 30.7 Å². The van der Waals surface area contributed by atoms with E-state index in [2.05, 4.69) is 94.4 Å². The van der Waals surface area contributed by atoms with Crippen molar-refractivity contribution in [3.05, 3.63) is 52.8 Å². The maximum atomic E-state index is 13.2. The normalized spacial score (nSPS) is 12.2. The van der Waals surface area contributed by atoms with Crippen LogP contribution in [0.3, 0.4) is 0 Å². The number of likely N-dealkylation sites (N-methyl/N-ethyl adjacent to an activating group) is 1. The van der Waals surface area contributed by atoms with E-state index in [1.54, 1.807) is 0 Å². The summed E-state index contributed by atoms with van der Waals surface area (Å²) in [5.41, 5.74) is 3.60. The first-order valence-corrected chi connectivity index (χ1v) is 15.9. The highest BCUT2D eigenvalue weighted by Crippen LogP contribution is 2.41. The van der Waals surface area contributed by atoms with E-state index < -0.39 is 5.60 Å². The van der Waals surface area contributed by atoms with Crippen LogP contribution in [0.25, 0.3) is 0 Å². The topological polar surface area (TPSA) is 66.7 Å². The molecule has 2 aromatic rings. The molecule has 0 atom stereocenters. The number of carbonyl (C=O) groups excluding carboxylic acids is 1. The molecule has 0 saturated heterocycles. The van der Waals surface area contributed by atoms with E-state index in [1.165, 1.54) is 11.3 Å². The average molecular weight is 556 g/mol. The van der Waals surface area contributed by atoms with Crippen molar-refractivity contribution in [2.24, 2.45) is 0 Å². The van der Waals surface area contributed by atoms with Crippen LogP contribution < -0.4 is 10.1 Å². The third-order valence-electron chi connectivity index (χ3n) is 9.17. The van der Waals surface area contributed by atoms with Crippen molar-refractivity contribution in [2.45, 2.75) is 118 Å². The van der Waals surface area contributed by atoms with E-state index in [1.807, 2.05) is 6.07 Å². The van der Waals surface area contributed by atoms with E-state index in [4.69, 9.17) is 4.74 Å². The standard InChI is InChI=1S/C34H57N3O3/c1-9-33(39,10-2)22-16-17-25-40-30-20-18-28(26-27(30)8)34(11-3,12-4)31-21-19-29(37(31)15-7)32(38)35-23-24-36(13-5)14-6/h18-21,26,39H,9-17,22-25H2,1-8H3,(H,35,38). The second-order valence-electron chi connectivity index (χ2n) is 11.1. The van der Waals surface area contributed by atoms with E-state index >= 15 is 0 Å². The minimum absolute atomic E-state index is 0.00222. The van der Waals surface area contributed by atoms with Gasteiger partial charge in [-0.25, -0.2) is 0 Å². The molecule has 0 spiro atoms. The molecule has 1 heterocycles. The van der Waals surface area contributed by atoms with Gasteiger partial charge in [0.25, 0.3) is 5.91 Å². The highest BCUT2D eigenvalue weighted by molar-refractivity contribution is 5.93. The maximum Gasteiger partial charge on any atom is 0.267 e. The maximum absolute atomic E-state index is 13.2. The monoisotopic (exact) mass is 555 g/mol. The van der Waals surface area contributed by atoms with Gasteiger partial charge in [-0.3, -0.25) is 4.79 Å². The fourth-order valence-corrected chi connectivity index (χ4v) is 6.00. The van der Waals surface area contributed by atoms with Crippen molar-refractivity contribution in [3.8, 4) is 5.75 Å². The highest BCUT2D eigenvalue weighted by atomic mass is 16.5. The molecule has 1 aromatic carbocycles. The van der Waals surface area contributed by atoms with Gasteiger partial charge in [-0.2, -0.15) is 0 Å². The Morgan fingerprint density at radius 1 is 0.950 bits per heavy atom. The number of aliphatic hydroxyl groups is 1. The number of amides is 1. The van der Waals surface area contributed by atoms with Crippen LogP contribution in [-0.2, 0) is 12.0 Å². The van der Waals surface area contributed by atoms with E-state index in [-0.39, 0.29) is 11.3 Å². The predicted molar refractivity (Wildman–Crippen MR) is 168 cm³/mol. The minimum atomic E-state index is -0.538. The zero-order valence-corrected chi connectivity index (χ0v) is 26.7. The molecule has 0 fully saturated rings. The minimum Gasteiger partial charge on any atom is -0.493 e. The van der Waals surface area contributed by atoms with Crippen LogP contribution in [0.2, 0.25) is 0 Å². The fraction of sp³-hybridized carbons (Fsp3) is 0.676. The molecule has 0 unspecified atom stereocenters. The van der Waals surface area contributed by atoms with Crippen LogP contribution in [0.15, 0.2) is 30.3 Å². The van der Waals surface area contributed by atoms with E-state index in [0.717, 1.165) is 88.1 Å². The zero-order chi connectivity index (χ0) is 29.8. The molecular formula is C34H57N3O3. The Bertz CT molecular complexity index is 1030. The van der Waals surface area contributed by atoms with Crippen molar-refractivity contribution in [1.29, 1.82) is 0 Å². The number of ether oxygens (including phenoxy) is 1. The number of aryl methyl sites for hydroxylation is 1. The number of nitrogens with one attached hydrogen (secondary N) is 1. The summed E-state index contributed by atoms with van der Waals surface area (Å²) in [6.07, 6.45) is 6.19. The SMILES string of the molecule is CCN(CC)CCNC(=O)c1ccc(C(CC)(CC)c2ccc(OCCCCC(O)(CC)CC)c(C)c2)n1CC. The summed E-state index contributed by atoms with van der Waals surface area (Å²) in [5.74, 6) is 0.919. The molecule has 6 heteroatoms. The van der Waals surface area contributed by atoms with Crippen LogP contribution >= 0.6 is 0 Å². The quantitative estimate of drug-likeness (QED) is 0.182. The molecule has 2 N–H and O–H groups in total. The first-order chi connectivity index (χ1) is 19.2.